The lowest BCUT2D eigenvalue weighted by Gasteiger charge is -2.33. The third-order valence-corrected chi connectivity index (χ3v) is 3.68. The fraction of sp³-hybridized carbons (Fsp3) is 0.625. The molecule has 2 nitrogen and oxygen atoms in total. The van der Waals surface area contributed by atoms with Crippen molar-refractivity contribution in [3.63, 3.8) is 0 Å². The summed E-state index contributed by atoms with van der Waals surface area (Å²) in [4.78, 5) is 0. The van der Waals surface area contributed by atoms with Gasteiger partial charge in [0.25, 0.3) is 0 Å². The molecule has 0 bridgehead atoms. The van der Waals surface area contributed by atoms with Crippen LogP contribution in [0.4, 0.5) is 0 Å². The monoisotopic (exact) mass is 249 g/mol. The van der Waals surface area contributed by atoms with Gasteiger partial charge in [0, 0.05) is 12.0 Å². The summed E-state index contributed by atoms with van der Waals surface area (Å²) >= 11 is 0. The number of aliphatic hydroxyl groups excluding tert-OH is 1. The van der Waals surface area contributed by atoms with Crippen molar-refractivity contribution in [2.75, 3.05) is 13.2 Å². The summed E-state index contributed by atoms with van der Waals surface area (Å²) in [7, 11) is 0. The normalized spacial score (nSPS) is 14.8. The molecule has 0 amide bonds. The molecular formula is C16H27NO. The molecule has 0 fully saturated rings. The molecule has 1 aromatic carbocycles. The maximum absolute atomic E-state index is 9.77. The Bertz CT molecular complexity index is 381. The minimum absolute atomic E-state index is 0.162. The number of hydrogen-bond donors (Lipinski definition) is 2. The molecule has 1 rings (SSSR count). The molecule has 18 heavy (non-hydrogen) atoms. The molecule has 2 heteroatoms. The summed E-state index contributed by atoms with van der Waals surface area (Å²) in [6.07, 6.45) is 1.83. The Morgan fingerprint density at radius 2 is 1.94 bits per heavy atom. The summed E-state index contributed by atoms with van der Waals surface area (Å²) in [5, 5.41) is 9.77. The first-order chi connectivity index (χ1) is 8.42. The minimum atomic E-state index is -0.174. The molecule has 1 aromatic rings. The molecule has 0 heterocycles. The van der Waals surface area contributed by atoms with Crippen LogP contribution in [-0.4, -0.2) is 18.3 Å². The van der Waals surface area contributed by atoms with E-state index in [1.165, 1.54) is 16.7 Å². The van der Waals surface area contributed by atoms with Crippen molar-refractivity contribution in [2.24, 2.45) is 17.1 Å². The maximum atomic E-state index is 9.77. The SMILES string of the molecule is Cc1ccc(C)c(CC(CN)(CO)CC(C)C)c1. The predicted octanol–water partition coefficient (Wildman–Crippen LogP) is 2.83. The van der Waals surface area contributed by atoms with Crippen molar-refractivity contribution in [1.82, 2.24) is 0 Å². The Morgan fingerprint density at radius 1 is 1.28 bits per heavy atom. The largest absolute Gasteiger partial charge is 0.396 e. The molecule has 0 aliphatic carbocycles. The van der Waals surface area contributed by atoms with Crippen LogP contribution < -0.4 is 5.73 Å². The third kappa shape index (κ3) is 3.82. The van der Waals surface area contributed by atoms with Gasteiger partial charge in [-0.15, -0.1) is 0 Å². The second kappa shape index (κ2) is 6.35. The molecule has 1 atom stereocenters. The van der Waals surface area contributed by atoms with Gasteiger partial charge in [0.2, 0.25) is 0 Å². The van der Waals surface area contributed by atoms with Crippen molar-refractivity contribution in [1.29, 1.82) is 0 Å². The van der Waals surface area contributed by atoms with Gasteiger partial charge in [0.05, 0.1) is 6.61 Å². The fourth-order valence-electron chi connectivity index (χ4n) is 2.67. The topological polar surface area (TPSA) is 46.2 Å². The van der Waals surface area contributed by atoms with Crippen LogP contribution in [0, 0.1) is 25.2 Å². The first-order valence-electron chi connectivity index (χ1n) is 6.79. The van der Waals surface area contributed by atoms with E-state index in [9.17, 15) is 5.11 Å². The maximum Gasteiger partial charge on any atom is 0.0502 e. The van der Waals surface area contributed by atoms with Crippen LogP contribution in [0.5, 0.6) is 0 Å². The van der Waals surface area contributed by atoms with Crippen molar-refractivity contribution in [2.45, 2.75) is 40.5 Å². The van der Waals surface area contributed by atoms with Crippen LogP contribution in [-0.2, 0) is 6.42 Å². The lowest BCUT2D eigenvalue weighted by molar-refractivity contribution is 0.108. The number of aliphatic hydroxyl groups is 1. The van der Waals surface area contributed by atoms with Crippen molar-refractivity contribution in [3.8, 4) is 0 Å². The molecule has 0 saturated carbocycles. The quantitative estimate of drug-likeness (QED) is 0.814. The van der Waals surface area contributed by atoms with Gasteiger partial charge < -0.3 is 10.8 Å². The highest BCUT2D eigenvalue weighted by molar-refractivity contribution is 5.31. The molecule has 1 unspecified atom stereocenters. The summed E-state index contributed by atoms with van der Waals surface area (Å²) in [6.45, 7) is 9.30. The van der Waals surface area contributed by atoms with E-state index in [-0.39, 0.29) is 12.0 Å². The van der Waals surface area contributed by atoms with E-state index in [2.05, 4.69) is 45.9 Å². The van der Waals surface area contributed by atoms with Gasteiger partial charge in [-0.2, -0.15) is 0 Å². The van der Waals surface area contributed by atoms with Gasteiger partial charge in [-0.25, -0.2) is 0 Å². The standard InChI is InChI=1S/C16H27NO/c1-12(2)8-16(10-17,11-18)9-15-7-13(3)5-6-14(15)4/h5-7,12,18H,8-11,17H2,1-4H3. The highest BCUT2D eigenvalue weighted by Crippen LogP contribution is 2.30. The van der Waals surface area contributed by atoms with Crippen molar-refractivity contribution < 1.29 is 5.11 Å². The fourth-order valence-corrected chi connectivity index (χ4v) is 2.67. The number of aryl methyl sites for hydroxylation is 2. The zero-order chi connectivity index (χ0) is 13.8. The average molecular weight is 249 g/mol. The minimum Gasteiger partial charge on any atom is -0.396 e. The van der Waals surface area contributed by atoms with Crippen LogP contribution in [0.2, 0.25) is 0 Å². The van der Waals surface area contributed by atoms with E-state index < -0.39 is 0 Å². The van der Waals surface area contributed by atoms with Crippen LogP contribution in [0.15, 0.2) is 18.2 Å². The molecule has 0 aromatic heterocycles. The van der Waals surface area contributed by atoms with Crippen LogP contribution >= 0.6 is 0 Å². The summed E-state index contributed by atoms with van der Waals surface area (Å²) < 4.78 is 0. The lowest BCUT2D eigenvalue weighted by atomic mass is 9.75. The van der Waals surface area contributed by atoms with Gasteiger partial charge in [0.15, 0.2) is 0 Å². The zero-order valence-corrected chi connectivity index (χ0v) is 12.2. The molecular weight excluding hydrogens is 222 g/mol. The number of hydrogen-bond acceptors (Lipinski definition) is 2. The molecule has 0 radical (unpaired) electrons. The van der Waals surface area contributed by atoms with Gasteiger partial charge in [0.1, 0.15) is 0 Å². The van der Waals surface area contributed by atoms with Crippen LogP contribution in [0.3, 0.4) is 0 Å². The highest BCUT2D eigenvalue weighted by atomic mass is 16.3. The second-order valence-corrected chi connectivity index (χ2v) is 6.07. The van der Waals surface area contributed by atoms with Crippen molar-refractivity contribution in [3.05, 3.63) is 34.9 Å². The van der Waals surface area contributed by atoms with Gasteiger partial charge in [-0.3, -0.25) is 0 Å². The molecule has 3 N–H and O–H groups in total. The van der Waals surface area contributed by atoms with Gasteiger partial charge >= 0.3 is 0 Å². The molecule has 0 spiro atoms. The Kier molecular flexibility index (Phi) is 5.36. The zero-order valence-electron chi connectivity index (χ0n) is 12.2. The molecule has 0 saturated heterocycles. The Labute approximate surface area is 111 Å². The number of nitrogens with two attached hydrogens (primary N) is 1. The summed E-state index contributed by atoms with van der Waals surface area (Å²) in [5.41, 5.74) is 9.64. The van der Waals surface area contributed by atoms with E-state index in [0.29, 0.717) is 12.5 Å². The van der Waals surface area contributed by atoms with Crippen LogP contribution in [0.1, 0.15) is 37.0 Å². The number of benzene rings is 1. The number of rotatable bonds is 6. The predicted molar refractivity (Wildman–Crippen MR) is 77.6 cm³/mol. The van der Waals surface area contributed by atoms with Gasteiger partial charge in [-0.05, 0) is 43.7 Å². The van der Waals surface area contributed by atoms with E-state index in [1.807, 2.05) is 0 Å². The van der Waals surface area contributed by atoms with Crippen molar-refractivity contribution >= 4 is 0 Å². The van der Waals surface area contributed by atoms with E-state index in [1.54, 1.807) is 0 Å². The summed E-state index contributed by atoms with van der Waals surface area (Å²) in [5.74, 6) is 0.547. The molecule has 0 aliphatic rings. The second-order valence-electron chi connectivity index (χ2n) is 6.07. The van der Waals surface area contributed by atoms with E-state index in [0.717, 1.165) is 12.8 Å². The summed E-state index contributed by atoms with van der Waals surface area (Å²) in [6, 6.07) is 6.50. The molecule has 102 valence electrons. The lowest BCUT2D eigenvalue weighted by Crippen LogP contribution is -2.38. The first kappa shape index (κ1) is 15.2. The Balaban J connectivity index is 2.98. The van der Waals surface area contributed by atoms with E-state index in [4.69, 9.17) is 5.73 Å². The Morgan fingerprint density at radius 3 is 2.44 bits per heavy atom. The average Bonchev–Trinajstić information content (AvgIpc) is 2.32. The van der Waals surface area contributed by atoms with Gasteiger partial charge in [-0.1, -0.05) is 37.6 Å². The third-order valence-electron chi connectivity index (χ3n) is 3.68. The first-order valence-corrected chi connectivity index (χ1v) is 6.79. The van der Waals surface area contributed by atoms with Crippen LogP contribution in [0.25, 0.3) is 0 Å². The smallest absolute Gasteiger partial charge is 0.0502 e. The van der Waals surface area contributed by atoms with E-state index >= 15 is 0 Å². The Hall–Kier alpha value is -0.860. The highest BCUT2D eigenvalue weighted by Gasteiger charge is 2.29. The molecule has 0 aliphatic heterocycles.